The Morgan fingerprint density at radius 1 is 1.00 bits per heavy atom. The number of hydrogen-bond donors (Lipinski definition) is 0. The Kier molecular flexibility index (Phi) is 4.00. The zero-order chi connectivity index (χ0) is 13.4. The Morgan fingerprint density at radius 2 is 1.79 bits per heavy atom. The van der Waals surface area contributed by atoms with Crippen LogP contribution in [0.15, 0.2) is 11.6 Å². The van der Waals surface area contributed by atoms with E-state index in [-0.39, 0.29) is 6.29 Å². The zero-order valence-electron chi connectivity index (χ0n) is 12.6. The van der Waals surface area contributed by atoms with Crippen molar-refractivity contribution in [1.82, 2.24) is 0 Å². The number of hydrogen-bond acceptors (Lipinski definition) is 2. The molecule has 1 saturated heterocycles. The molecule has 0 bridgehead atoms. The maximum atomic E-state index is 6.35. The van der Waals surface area contributed by atoms with Crippen molar-refractivity contribution in [3.05, 3.63) is 11.6 Å². The number of allylic oxidation sites excluding steroid dienone is 2. The SMILES string of the molecule is CC1=CC(C)C(C2OC(C)C3CCCCC3O2)CC1. The van der Waals surface area contributed by atoms with Crippen LogP contribution in [0.2, 0.25) is 0 Å². The molecule has 0 aromatic heterocycles. The van der Waals surface area contributed by atoms with E-state index in [0.29, 0.717) is 30.0 Å². The van der Waals surface area contributed by atoms with Crippen molar-refractivity contribution in [2.75, 3.05) is 0 Å². The van der Waals surface area contributed by atoms with E-state index in [2.05, 4.69) is 26.8 Å². The average molecular weight is 264 g/mol. The van der Waals surface area contributed by atoms with Crippen molar-refractivity contribution in [2.24, 2.45) is 17.8 Å². The smallest absolute Gasteiger partial charge is 0.161 e. The lowest BCUT2D eigenvalue weighted by Gasteiger charge is -2.47. The van der Waals surface area contributed by atoms with Crippen LogP contribution in [-0.4, -0.2) is 18.5 Å². The van der Waals surface area contributed by atoms with E-state index >= 15 is 0 Å². The van der Waals surface area contributed by atoms with Gasteiger partial charge in [-0.1, -0.05) is 31.4 Å². The van der Waals surface area contributed by atoms with Gasteiger partial charge in [-0.25, -0.2) is 0 Å². The maximum Gasteiger partial charge on any atom is 0.161 e. The third-order valence-corrected chi connectivity index (χ3v) is 5.46. The molecule has 2 fully saturated rings. The molecule has 0 spiro atoms. The van der Waals surface area contributed by atoms with Crippen molar-refractivity contribution in [3.63, 3.8) is 0 Å². The molecule has 0 amide bonds. The van der Waals surface area contributed by atoms with Gasteiger partial charge in [0.05, 0.1) is 12.2 Å². The minimum absolute atomic E-state index is 0.0358. The van der Waals surface area contributed by atoms with Crippen LogP contribution in [0.4, 0.5) is 0 Å². The lowest BCUT2D eigenvalue weighted by molar-refractivity contribution is -0.293. The molecule has 1 saturated carbocycles. The summed E-state index contributed by atoms with van der Waals surface area (Å²) in [5.41, 5.74) is 1.53. The fourth-order valence-corrected chi connectivity index (χ4v) is 4.25. The molecule has 19 heavy (non-hydrogen) atoms. The largest absolute Gasteiger partial charge is 0.349 e. The summed E-state index contributed by atoms with van der Waals surface area (Å²) in [4.78, 5) is 0. The van der Waals surface area contributed by atoms with Crippen molar-refractivity contribution >= 4 is 0 Å². The van der Waals surface area contributed by atoms with Gasteiger partial charge in [0.25, 0.3) is 0 Å². The molecule has 0 radical (unpaired) electrons. The second-order valence-electron chi connectivity index (χ2n) is 6.91. The molecule has 0 N–H and O–H groups in total. The Balaban J connectivity index is 1.69. The molecule has 2 nitrogen and oxygen atoms in total. The van der Waals surface area contributed by atoms with E-state index in [1.54, 1.807) is 0 Å². The number of fused-ring (bicyclic) bond motifs is 1. The summed E-state index contributed by atoms with van der Waals surface area (Å²) in [6.45, 7) is 6.82. The summed E-state index contributed by atoms with van der Waals surface area (Å²) >= 11 is 0. The molecular formula is C17H28O2. The lowest BCUT2D eigenvalue weighted by Crippen LogP contribution is -2.50. The second kappa shape index (κ2) is 5.57. The van der Waals surface area contributed by atoms with Crippen molar-refractivity contribution in [2.45, 2.75) is 77.8 Å². The fourth-order valence-electron chi connectivity index (χ4n) is 4.25. The van der Waals surface area contributed by atoms with Crippen molar-refractivity contribution in [3.8, 4) is 0 Å². The minimum Gasteiger partial charge on any atom is -0.349 e. The summed E-state index contributed by atoms with van der Waals surface area (Å²) in [6.07, 6.45) is 10.9. The molecule has 0 aromatic carbocycles. The topological polar surface area (TPSA) is 18.5 Å². The lowest BCUT2D eigenvalue weighted by atomic mass is 9.79. The summed E-state index contributed by atoms with van der Waals surface area (Å²) < 4.78 is 12.6. The van der Waals surface area contributed by atoms with E-state index < -0.39 is 0 Å². The van der Waals surface area contributed by atoms with Gasteiger partial charge in [-0.15, -0.1) is 0 Å². The van der Waals surface area contributed by atoms with Gasteiger partial charge in [0, 0.05) is 11.8 Å². The summed E-state index contributed by atoms with van der Waals surface area (Å²) in [5, 5.41) is 0. The molecule has 6 atom stereocenters. The third-order valence-electron chi connectivity index (χ3n) is 5.46. The van der Waals surface area contributed by atoms with E-state index in [0.717, 1.165) is 0 Å². The van der Waals surface area contributed by atoms with Crippen LogP contribution in [-0.2, 0) is 9.47 Å². The fraction of sp³-hybridized carbons (Fsp3) is 0.882. The van der Waals surface area contributed by atoms with E-state index in [4.69, 9.17) is 9.47 Å². The molecule has 1 heterocycles. The van der Waals surface area contributed by atoms with Gasteiger partial charge in [-0.2, -0.15) is 0 Å². The van der Waals surface area contributed by atoms with Gasteiger partial charge in [-0.05, 0) is 45.4 Å². The van der Waals surface area contributed by atoms with Gasteiger partial charge in [-0.3, -0.25) is 0 Å². The quantitative estimate of drug-likeness (QED) is 0.657. The second-order valence-corrected chi connectivity index (χ2v) is 6.91. The highest BCUT2D eigenvalue weighted by Gasteiger charge is 2.42. The molecule has 3 rings (SSSR count). The monoisotopic (exact) mass is 264 g/mol. The van der Waals surface area contributed by atoms with Crippen LogP contribution in [0.25, 0.3) is 0 Å². The molecular weight excluding hydrogens is 236 g/mol. The Labute approximate surface area is 117 Å². The van der Waals surface area contributed by atoms with Crippen LogP contribution in [0.1, 0.15) is 59.3 Å². The number of ether oxygens (including phenoxy) is 2. The average Bonchev–Trinajstić information content (AvgIpc) is 2.38. The van der Waals surface area contributed by atoms with E-state index in [1.165, 1.54) is 44.1 Å². The van der Waals surface area contributed by atoms with Crippen molar-refractivity contribution in [1.29, 1.82) is 0 Å². The normalized spacial score (nSPS) is 47.4. The highest BCUT2D eigenvalue weighted by atomic mass is 16.7. The van der Waals surface area contributed by atoms with Gasteiger partial charge in [0.1, 0.15) is 0 Å². The van der Waals surface area contributed by atoms with Crippen LogP contribution in [0, 0.1) is 17.8 Å². The highest BCUT2D eigenvalue weighted by Crippen LogP contribution is 2.41. The predicted octanol–water partition coefficient (Wildman–Crippen LogP) is 4.30. The van der Waals surface area contributed by atoms with Crippen LogP contribution in [0.5, 0.6) is 0 Å². The first-order chi connectivity index (χ1) is 9.15. The van der Waals surface area contributed by atoms with E-state index in [9.17, 15) is 0 Å². The van der Waals surface area contributed by atoms with Crippen LogP contribution < -0.4 is 0 Å². The Hall–Kier alpha value is -0.340. The molecule has 2 heteroatoms. The standard InChI is InChI=1S/C17H28O2/c1-11-8-9-14(12(2)10-11)17-18-13(3)15-6-4-5-7-16(15)19-17/h10,12-17H,4-9H2,1-3H3. The first-order valence-electron chi connectivity index (χ1n) is 8.13. The molecule has 0 aromatic rings. The van der Waals surface area contributed by atoms with E-state index in [1.807, 2.05) is 0 Å². The third kappa shape index (κ3) is 2.75. The summed E-state index contributed by atoms with van der Waals surface area (Å²) in [7, 11) is 0. The van der Waals surface area contributed by atoms with Gasteiger partial charge in [0.2, 0.25) is 0 Å². The van der Waals surface area contributed by atoms with Gasteiger partial charge in [0.15, 0.2) is 6.29 Å². The molecule has 108 valence electrons. The molecule has 2 aliphatic carbocycles. The van der Waals surface area contributed by atoms with Crippen LogP contribution >= 0.6 is 0 Å². The van der Waals surface area contributed by atoms with Gasteiger partial charge < -0.3 is 9.47 Å². The highest BCUT2D eigenvalue weighted by molar-refractivity contribution is 5.07. The summed E-state index contributed by atoms with van der Waals surface area (Å²) in [5.74, 6) is 1.78. The number of rotatable bonds is 1. The maximum absolute atomic E-state index is 6.35. The Morgan fingerprint density at radius 3 is 2.58 bits per heavy atom. The first-order valence-corrected chi connectivity index (χ1v) is 8.13. The molecule has 6 unspecified atom stereocenters. The Bertz CT molecular complexity index is 349. The zero-order valence-corrected chi connectivity index (χ0v) is 12.6. The minimum atomic E-state index is 0.0358. The molecule has 1 aliphatic heterocycles. The molecule has 3 aliphatic rings. The predicted molar refractivity (Wildman–Crippen MR) is 76.8 cm³/mol. The van der Waals surface area contributed by atoms with Crippen LogP contribution in [0.3, 0.4) is 0 Å². The first kappa shape index (κ1) is 13.6. The van der Waals surface area contributed by atoms with Gasteiger partial charge >= 0.3 is 0 Å². The van der Waals surface area contributed by atoms with Crippen molar-refractivity contribution < 1.29 is 9.47 Å². The summed E-state index contributed by atoms with van der Waals surface area (Å²) in [6, 6.07) is 0.